The van der Waals surface area contributed by atoms with Crippen LogP contribution in [0.2, 0.25) is 0 Å². The molecule has 0 amide bonds. The van der Waals surface area contributed by atoms with Crippen molar-refractivity contribution in [2.75, 3.05) is 0 Å². The molecule has 0 spiro atoms. The van der Waals surface area contributed by atoms with E-state index in [2.05, 4.69) is 4.98 Å². The molecule has 1 aliphatic rings. The van der Waals surface area contributed by atoms with Crippen LogP contribution in [0.3, 0.4) is 0 Å². The minimum atomic E-state index is -1.42. The van der Waals surface area contributed by atoms with Gasteiger partial charge in [-0.3, -0.25) is 0 Å². The van der Waals surface area contributed by atoms with Gasteiger partial charge in [0, 0.05) is 11.8 Å². The summed E-state index contributed by atoms with van der Waals surface area (Å²) in [5.41, 5.74) is 0.299. The second-order valence-corrected chi connectivity index (χ2v) is 5.17. The maximum Gasteiger partial charge on any atom is 0.226 e. The van der Waals surface area contributed by atoms with E-state index in [4.69, 9.17) is 4.74 Å². The molecule has 4 rings (SSSR count). The Kier molecular flexibility index (Phi) is 2.74. The van der Waals surface area contributed by atoms with Crippen molar-refractivity contribution in [1.82, 2.24) is 4.98 Å². The highest BCUT2D eigenvalue weighted by molar-refractivity contribution is 5.58. The first-order chi connectivity index (χ1) is 10.7. The molecule has 1 aromatic heterocycles. The van der Waals surface area contributed by atoms with Gasteiger partial charge in [-0.25, -0.2) is 9.37 Å². The van der Waals surface area contributed by atoms with Crippen LogP contribution in [0.15, 0.2) is 66.9 Å². The van der Waals surface area contributed by atoms with Gasteiger partial charge in [0.25, 0.3) is 0 Å². The van der Waals surface area contributed by atoms with Crippen molar-refractivity contribution < 1.29 is 14.2 Å². The van der Waals surface area contributed by atoms with Crippen molar-refractivity contribution in [2.45, 2.75) is 5.60 Å². The molecule has 108 valence electrons. The topological polar surface area (TPSA) is 42.4 Å². The van der Waals surface area contributed by atoms with Gasteiger partial charge in [0.2, 0.25) is 5.88 Å². The number of aliphatic hydroxyl groups is 1. The van der Waals surface area contributed by atoms with Crippen LogP contribution >= 0.6 is 0 Å². The Morgan fingerprint density at radius 2 is 1.64 bits per heavy atom. The fraction of sp³-hybridized carbons (Fsp3) is 0.0556. The molecule has 0 bridgehead atoms. The molecule has 1 aliphatic heterocycles. The minimum Gasteiger partial charge on any atom is -0.438 e. The third kappa shape index (κ3) is 1.74. The van der Waals surface area contributed by atoms with E-state index in [1.165, 1.54) is 12.1 Å². The van der Waals surface area contributed by atoms with E-state index in [1.54, 1.807) is 42.6 Å². The lowest BCUT2D eigenvalue weighted by molar-refractivity contribution is 0.111. The van der Waals surface area contributed by atoms with E-state index >= 15 is 0 Å². The van der Waals surface area contributed by atoms with E-state index in [0.717, 1.165) is 0 Å². The molecule has 3 aromatic rings. The standard InChI is InChI=1S/C18H12FNO2/c19-13-9-7-12(8-10-13)18(21)14-4-1-2-6-16(14)22-17-15(18)5-3-11-20-17/h1-11,21H. The van der Waals surface area contributed by atoms with Gasteiger partial charge < -0.3 is 9.84 Å². The Balaban J connectivity index is 2.03. The van der Waals surface area contributed by atoms with Crippen LogP contribution in [-0.2, 0) is 5.60 Å². The van der Waals surface area contributed by atoms with Gasteiger partial charge in [-0.05, 0) is 35.9 Å². The van der Waals surface area contributed by atoms with Gasteiger partial charge >= 0.3 is 0 Å². The predicted molar refractivity (Wildman–Crippen MR) is 79.3 cm³/mol. The monoisotopic (exact) mass is 293 g/mol. The molecule has 1 atom stereocenters. The van der Waals surface area contributed by atoms with Crippen LogP contribution < -0.4 is 4.74 Å². The molecule has 3 nitrogen and oxygen atoms in total. The van der Waals surface area contributed by atoms with Crippen LogP contribution in [0.25, 0.3) is 0 Å². The van der Waals surface area contributed by atoms with Crippen molar-refractivity contribution in [2.24, 2.45) is 0 Å². The van der Waals surface area contributed by atoms with Crippen LogP contribution in [0.5, 0.6) is 11.6 Å². The number of benzene rings is 2. The molecule has 2 heterocycles. The molecule has 2 aromatic carbocycles. The summed E-state index contributed by atoms with van der Waals surface area (Å²) in [6, 6.07) is 16.6. The number of nitrogens with zero attached hydrogens (tertiary/aromatic N) is 1. The average molecular weight is 293 g/mol. The number of ether oxygens (including phenoxy) is 1. The summed E-state index contributed by atoms with van der Waals surface area (Å²) in [7, 11) is 0. The lowest BCUT2D eigenvalue weighted by Crippen LogP contribution is -2.32. The van der Waals surface area contributed by atoms with Gasteiger partial charge in [0.05, 0.1) is 5.56 Å². The Bertz CT molecular complexity index is 800. The Morgan fingerprint density at radius 1 is 0.909 bits per heavy atom. The third-order valence-electron chi connectivity index (χ3n) is 3.91. The van der Waals surface area contributed by atoms with Crippen molar-refractivity contribution in [1.29, 1.82) is 0 Å². The molecule has 0 fully saturated rings. The highest BCUT2D eigenvalue weighted by atomic mass is 19.1. The summed E-state index contributed by atoms with van der Waals surface area (Å²) in [5.74, 6) is 0.549. The Labute approximate surface area is 126 Å². The molecular formula is C18H12FNO2. The van der Waals surface area contributed by atoms with Crippen molar-refractivity contribution in [3.8, 4) is 11.6 Å². The van der Waals surface area contributed by atoms with Crippen LogP contribution in [0.4, 0.5) is 4.39 Å². The number of hydrogen-bond donors (Lipinski definition) is 1. The number of rotatable bonds is 1. The second-order valence-electron chi connectivity index (χ2n) is 5.17. The first-order valence-electron chi connectivity index (χ1n) is 6.91. The van der Waals surface area contributed by atoms with E-state index in [9.17, 15) is 9.50 Å². The van der Waals surface area contributed by atoms with E-state index in [-0.39, 0.29) is 5.82 Å². The van der Waals surface area contributed by atoms with Crippen LogP contribution in [0.1, 0.15) is 16.7 Å². The first-order valence-corrected chi connectivity index (χ1v) is 6.91. The molecule has 0 saturated carbocycles. The van der Waals surface area contributed by atoms with Gasteiger partial charge in [0.15, 0.2) is 0 Å². The maximum absolute atomic E-state index is 13.3. The van der Waals surface area contributed by atoms with Crippen molar-refractivity contribution in [3.05, 3.63) is 89.4 Å². The molecule has 4 heteroatoms. The number of halogens is 1. The summed E-state index contributed by atoms with van der Waals surface area (Å²) < 4.78 is 19.0. The number of pyridine rings is 1. The molecule has 1 unspecified atom stereocenters. The number of aromatic nitrogens is 1. The highest BCUT2D eigenvalue weighted by Gasteiger charge is 2.42. The fourth-order valence-corrected chi connectivity index (χ4v) is 2.85. The van der Waals surface area contributed by atoms with Gasteiger partial charge in [0.1, 0.15) is 17.2 Å². The quantitative estimate of drug-likeness (QED) is 0.745. The van der Waals surface area contributed by atoms with E-state index in [0.29, 0.717) is 28.3 Å². The SMILES string of the molecule is OC1(c2ccc(F)cc2)c2ccccc2Oc2ncccc21. The molecule has 1 N–H and O–H groups in total. The first kappa shape index (κ1) is 13.0. The second kappa shape index (κ2) is 4.64. The summed E-state index contributed by atoms with van der Waals surface area (Å²) in [4.78, 5) is 4.20. The van der Waals surface area contributed by atoms with E-state index in [1.807, 2.05) is 12.1 Å². The Hall–Kier alpha value is -2.72. The lowest BCUT2D eigenvalue weighted by Gasteiger charge is -2.35. The largest absolute Gasteiger partial charge is 0.438 e. The van der Waals surface area contributed by atoms with Gasteiger partial charge in [-0.15, -0.1) is 0 Å². The zero-order valence-electron chi connectivity index (χ0n) is 11.5. The predicted octanol–water partition coefficient (Wildman–Crippen LogP) is 3.61. The van der Waals surface area contributed by atoms with Crippen molar-refractivity contribution in [3.63, 3.8) is 0 Å². The molecule has 22 heavy (non-hydrogen) atoms. The zero-order valence-corrected chi connectivity index (χ0v) is 11.5. The summed E-state index contributed by atoms with van der Waals surface area (Å²) in [6.07, 6.45) is 1.61. The summed E-state index contributed by atoms with van der Waals surface area (Å²) in [5, 5.41) is 11.5. The van der Waals surface area contributed by atoms with Gasteiger partial charge in [-0.2, -0.15) is 0 Å². The van der Waals surface area contributed by atoms with Gasteiger partial charge in [-0.1, -0.05) is 30.3 Å². The highest BCUT2D eigenvalue weighted by Crippen LogP contribution is 2.48. The molecular weight excluding hydrogens is 281 g/mol. The lowest BCUT2D eigenvalue weighted by atomic mass is 9.79. The Morgan fingerprint density at radius 3 is 2.45 bits per heavy atom. The van der Waals surface area contributed by atoms with Crippen molar-refractivity contribution >= 4 is 0 Å². The minimum absolute atomic E-state index is 0.348. The smallest absolute Gasteiger partial charge is 0.226 e. The summed E-state index contributed by atoms with van der Waals surface area (Å²) in [6.45, 7) is 0. The molecule has 0 saturated heterocycles. The normalized spacial score (nSPS) is 19.0. The summed E-state index contributed by atoms with van der Waals surface area (Å²) >= 11 is 0. The third-order valence-corrected chi connectivity index (χ3v) is 3.91. The van der Waals surface area contributed by atoms with Crippen LogP contribution in [-0.4, -0.2) is 10.1 Å². The van der Waals surface area contributed by atoms with Crippen LogP contribution in [0, 0.1) is 5.82 Å². The molecule has 0 radical (unpaired) electrons. The van der Waals surface area contributed by atoms with E-state index < -0.39 is 5.60 Å². The maximum atomic E-state index is 13.3. The number of hydrogen-bond acceptors (Lipinski definition) is 3. The number of para-hydroxylation sites is 1. The molecule has 0 aliphatic carbocycles. The zero-order chi connectivity index (χ0) is 15.2. The number of fused-ring (bicyclic) bond motifs is 2. The fourth-order valence-electron chi connectivity index (χ4n) is 2.85. The average Bonchev–Trinajstić information content (AvgIpc) is 2.56.